The largest absolute Gasteiger partial charge is 0.450 e. The number of amidine groups is 1. The molecular formula is C26H34N3O6P. The molecule has 1 atom stereocenters. The summed E-state index contributed by atoms with van der Waals surface area (Å²) < 4.78 is 16.2. The van der Waals surface area contributed by atoms with Crippen LogP contribution in [0.5, 0.6) is 0 Å². The highest BCUT2D eigenvalue weighted by Crippen LogP contribution is 2.40. The zero-order valence-corrected chi connectivity index (χ0v) is 22.0. The molecule has 1 amide bonds. The molecule has 1 unspecified atom stereocenters. The summed E-state index contributed by atoms with van der Waals surface area (Å²) in [6.07, 6.45) is 0.296. The zero-order valence-electron chi connectivity index (χ0n) is 21.1. The van der Waals surface area contributed by atoms with Crippen molar-refractivity contribution in [3.05, 3.63) is 53.6 Å². The quantitative estimate of drug-likeness (QED) is 0.250. The molecule has 1 aliphatic rings. The van der Waals surface area contributed by atoms with Crippen LogP contribution in [0.2, 0.25) is 0 Å². The van der Waals surface area contributed by atoms with E-state index in [9.17, 15) is 14.2 Å². The Kier molecular flexibility index (Phi) is 8.39. The van der Waals surface area contributed by atoms with E-state index in [1.807, 2.05) is 51.1 Å². The third kappa shape index (κ3) is 6.22. The summed E-state index contributed by atoms with van der Waals surface area (Å²) in [6, 6.07) is 12.7. The smallest absolute Gasteiger partial charge is 0.411 e. The van der Waals surface area contributed by atoms with Gasteiger partial charge in [0.15, 0.2) is 5.78 Å². The molecule has 0 aliphatic carbocycles. The van der Waals surface area contributed by atoms with Gasteiger partial charge in [-0.2, -0.15) is 0 Å². The van der Waals surface area contributed by atoms with Gasteiger partial charge in [-0.05, 0) is 57.7 Å². The molecule has 3 rings (SSSR count). The lowest BCUT2D eigenvalue weighted by atomic mass is 9.95. The second kappa shape index (κ2) is 10.9. The topological polar surface area (TPSA) is 143 Å². The number of nitrogens with two attached hydrogens (primary N) is 1. The lowest BCUT2D eigenvalue weighted by molar-refractivity contribution is 0.0661. The third-order valence-corrected chi connectivity index (χ3v) is 7.34. The van der Waals surface area contributed by atoms with Crippen LogP contribution in [0.4, 0.5) is 10.5 Å². The zero-order chi connectivity index (χ0) is 26.7. The molecule has 9 nitrogen and oxygen atoms in total. The lowest BCUT2D eigenvalue weighted by Crippen LogP contribution is -2.56. The molecule has 2 aromatic rings. The molecule has 10 heteroatoms. The molecule has 1 heterocycles. The average Bonchev–Trinajstić information content (AvgIpc) is 2.87. The standard InChI is InChI=1S/C26H34N3O6P/c1-5-35-25(31)29-17(2)21-14-13-20(16-22(21)28-24(27)26(29,3)4)18-9-11-19(12-10-18)23(30)8-6-7-15-36(32,33)34/h9-14,16-17H,5-8,15H2,1-4H3,(H2,27,28)(H2,32,33,34). The fraction of sp³-hybridized carbons (Fsp3) is 0.423. The van der Waals surface area contributed by atoms with Gasteiger partial charge in [-0.25, -0.2) is 9.79 Å². The number of carbonyl (C=O) groups is 2. The Bertz CT molecular complexity index is 1200. The van der Waals surface area contributed by atoms with Crippen molar-refractivity contribution in [3.63, 3.8) is 0 Å². The predicted molar refractivity (Wildman–Crippen MR) is 140 cm³/mol. The summed E-state index contributed by atoms with van der Waals surface area (Å²) in [5.41, 5.74) is 9.35. The summed E-state index contributed by atoms with van der Waals surface area (Å²) in [6.45, 7) is 7.62. The van der Waals surface area contributed by atoms with Gasteiger partial charge in [0.25, 0.3) is 0 Å². The maximum Gasteiger partial charge on any atom is 0.411 e. The Morgan fingerprint density at radius 1 is 1.11 bits per heavy atom. The van der Waals surface area contributed by atoms with Crippen LogP contribution in [0.1, 0.15) is 68.9 Å². The molecule has 4 N–H and O–H groups in total. The van der Waals surface area contributed by atoms with Gasteiger partial charge in [-0.3, -0.25) is 14.3 Å². The van der Waals surface area contributed by atoms with Crippen molar-refractivity contribution in [1.82, 2.24) is 4.90 Å². The van der Waals surface area contributed by atoms with Gasteiger partial charge >= 0.3 is 13.7 Å². The number of aliphatic imine (C=N–C) groups is 1. The highest BCUT2D eigenvalue weighted by molar-refractivity contribution is 7.51. The molecule has 1 aliphatic heterocycles. The van der Waals surface area contributed by atoms with Crippen LogP contribution in [0.25, 0.3) is 11.1 Å². The molecule has 0 spiro atoms. The lowest BCUT2D eigenvalue weighted by Gasteiger charge is -2.39. The van der Waals surface area contributed by atoms with Gasteiger partial charge in [0, 0.05) is 23.7 Å². The Balaban J connectivity index is 1.82. The number of hydrogen-bond donors (Lipinski definition) is 3. The van der Waals surface area contributed by atoms with Gasteiger partial charge < -0.3 is 20.3 Å². The molecule has 0 saturated heterocycles. The van der Waals surface area contributed by atoms with Crippen LogP contribution in [-0.2, 0) is 9.30 Å². The number of hydrogen-bond acceptors (Lipinski definition) is 6. The van der Waals surface area contributed by atoms with Crippen LogP contribution in [0.3, 0.4) is 0 Å². The fourth-order valence-corrected chi connectivity index (χ4v) is 5.00. The van der Waals surface area contributed by atoms with E-state index in [4.69, 9.17) is 20.3 Å². The van der Waals surface area contributed by atoms with E-state index in [0.29, 0.717) is 29.9 Å². The van der Waals surface area contributed by atoms with Crippen LogP contribution in [0, 0.1) is 0 Å². The highest BCUT2D eigenvalue weighted by atomic mass is 31.2. The number of fused-ring (bicyclic) bond motifs is 1. The molecule has 0 aromatic heterocycles. The fourth-order valence-electron chi connectivity index (χ4n) is 4.36. The molecule has 36 heavy (non-hydrogen) atoms. The normalized spacial score (nSPS) is 17.1. The molecular weight excluding hydrogens is 481 g/mol. The highest BCUT2D eigenvalue weighted by Gasteiger charge is 2.42. The number of nitrogens with zero attached hydrogens (tertiary/aromatic N) is 2. The first-order valence-electron chi connectivity index (χ1n) is 12.0. The first-order valence-corrected chi connectivity index (χ1v) is 13.8. The second-order valence-corrected chi connectivity index (χ2v) is 11.2. The van der Waals surface area contributed by atoms with E-state index in [2.05, 4.69) is 4.99 Å². The number of rotatable bonds is 8. The van der Waals surface area contributed by atoms with Gasteiger partial charge in [-0.15, -0.1) is 0 Å². The first kappa shape index (κ1) is 27.6. The van der Waals surface area contributed by atoms with Gasteiger partial charge in [0.2, 0.25) is 0 Å². The van der Waals surface area contributed by atoms with E-state index in [0.717, 1.165) is 16.7 Å². The predicted octanol–water partition coefficient (Wildman–Crippen LogP) is 5.18. The Hall–Kier alpha value is -3.00. The van der Waals surface area contributed by atoms with Crippen molar-refractivity contribution in [2.45, 2.75) is 58.5 Å². The minimum absolute atomic E-state index is 0.0679. The Labute approximate surface area is 211 Å². The van der Waals surface area contributed by atoms with E-state index >= 15 is 0 Å². The third-order valence-electron chi connectivity index (χ3n) is 6.45. The summed E-state index contributed by atoms with van der Waals surface area (Å²) in [7, 11) is -4.03. The summed E-state index contributed by atoms with van der Waals surface area (Å²) >= 11 is 0. The number of ketones is 1. The van der Waals surface area contributed by atoms with E-state index in [-0.39, 0.29) is 31.0 Å². The maximum atomic E-state index is 12.8. The van der Waals surface area contributed by atoms with E-state index < -0.39 is 19.2 Å². The van der Waals surface area contributed by atoms with Gasteiger partial charge in [0.05, 0.1) is 23.9 Å². The molecule has 0 bridgehead atoms. The van der Waals surface area contributed by atoms with Crippen LogP contribution >= 0.6 is 7.60 Å². The SMILES string of the molecule is CCOC(=O)N1C(C)c2ccc(-c3ccc(C(=O)CCCCP(=O)(O)O)cc3)cc2N=C(N)C1(C)C. The van der Waals surface area contributed by atoms with Crippen LogP contribution in [-0.4, -0.2) is 50.7 Å². The van der Waals surface area contributed by atoms with Gasteiger partial charge in [-0.1, -0.05) is 36.4 Å². The second-order valence-electron chi connectivity index (χ2n) is 9.42. The average molecular weight is 516 g/mol. The van der Waals surface area contributed by atoms with Crippen molar-refractivity contribution in [1.29, 1.82) is 0 Å². The Morgan fingerprint density at radius 3 is 2.36 bits per heavy atom. The number of ether oxygens (including phenoxy) is 1. The maximum absolute atomic E-state index is 12.8. The minimum atomic E-state index is -4.03. The van der Waals surface area contributed by atoms with Crippen molar-refractivity contribution in [3.8, 4) is 11.1 Å². The van der Waals surface area contributed by atoms with Crippen LogP contribution < -0.4 is 5.73 Å². The molecule has 194 valence electrons. The summed E-state index contributed by atoms with van der Waals surface area (Å²) in [5, 5.41) is 0. The Morgan fingerprint density at radius 2 is 1.75 bits per heavy atom. The number of unbranched alkanes of at least 4 members (excludes halogenated alkanes) is 1. The monoisotopic (exact) mass is 515 g/mol. The van der Waals surface area contributed by atoms with Crippen molar-refractivity contribution in [2.75, 3.05) is 12.8 Å². The van der Waals surface area contributed by atoms with Gasteiger partial charge in [0.1, 0.15) is 5.84 Å². The first-order chi connectivity index (χ1) is 16.8. The van der Waals surface area contributed by atoms with Crippen molar-refractivity contribution in [2.24, 2.45) is 10.7 Å². The number of carbonyl (C=O) groups excluding carboxylic acids is 2. The van der Waals surface area contributed by atoms with Crippen LogP contribution in [0.15, 0.2) is 47.5 Å². The van der Waals surface area contributed by atoms with Crippen molar-refractivity contribution < 1.29 is 28.7 Å². The summed E-state index contributed by atoms with van der Waals surface area (Å²) in [4.78, 5) is 49.3. The molecule has 0 radical (unpaired) electrons. The number of Topliss-reactive ketones (excluding diaryl/α,β-unsaturated/α-hetero) is 1. The van der Waals surface area contributed by atoms with E-state index in [1.54, 1.807) is 24.0 Å². The minimum Gasteiger partial charge on any atom is -0.450 e. The molecule has 0 saturated carbocycles. The number of amides is 1. The number of benzene rings is 2. The summed E-state index contributed by atoms with van der Waals surface area (Å²) in [5.74, 6) is 0.236. The molecule has 0 fully saturated rings. The molecule has 2 aromatic carbocycles. The van der Waals surface area contributed by atoms with Crippen molar-refractivity contribution >= 4 is 31.0 Å². The van der Waals surface area contributed by atoms with E-state index in [1.165, 1.54) is 0 Å².